The third kappa shape index (κ3) is 4.20. The van der Waals surface area contributed by atoms with Gasteiger partial charge in [-0.2, -0.15) is 0 Å². The molecule has 0 saturated heterocycles. The molecule has 2 aromatic rings. The van der Waals surface area contributed by atoms with E-state index in [1.807, 2.05) is 30.3 Å². The van der Waals surface area contributed by atoms with Crippen LogP contribution < -0.4 is 9.47 Å². The first-order valence-electron chi connectivity index (χ1n) is 7.00. The van der Waals surface area contributed by atoms with E-state index in [-0.39, 0.29) is 12.5 Å². The lowest BCUT2D eigenvalue weighted by Crippen LogP contribution is -2.02. The molecule has 112 valence electrons. The highest BCUT2D eigenvalue weighted by Gasteiger charge is 2.07. The molecule has 4 heteroatoms. The molecule has 0 aliphatic carbocycles. The number of hydrogen-bond acceptors (Lipinski definition) is 4. The van der Waals surface area contributed by atoms with E-state index in [2.05, 4.69) is 18.8 Å². The quantitative estimate of drug-likeness (QED) is 0.885. The fraction of sp³-hybridized carbons (Fsp3) is 0.353. The van der Waals surface area contributed by atoms with Crippen LogP contribution in [0, 0.1) is 0 Å². The van der Waals surface area contributed by atoms with Crippen molar-refractivity contribution < 1.29 is 14.6 Å². The first-order chi connectivity index (χ1) is 10.1. The molecule has 0 spiro atoms. The van der Waals surface area contributed by atoms with Crippen molar-refractivity contribution in [1.29, 1.82) is 0 Å². The highest BCUT2D eigenvalue weighted by atomic mass is 16.5. The smallest absolute Gasteiger partial charge is 0.214 e. The number of aliphatic hydroxyl groups is 1. The number of hydrogen-bond donors (Lipinski definition) is 1. The molecule has 1 heterocycles. The summed E-state index contributed by atoms with van der Waals surface area (Å²) in [6.45, 7) is 4.53. The Bertz CT molecular complexity index is 596. The molecule has 21 heavy (non-hydrogen) atoms. The molecule has 0 aliphatic rings. The summed E-state index contributed by atoms with van der Waals surface area (Å²) in [6, 6.07) is 11.4. The van der Waals surface area contributed by atoms with Crippen LogP contribution in [0.2, 0.25) is 0 Å². The zero-order valence-corrected chi connectivity index (χ0v) is 12.7. The minimum atomic E-state index is -0.0161. The predicted molar refractivity (Wildman–Crippen MR) is 81.6 cm³/mol. The molecule has 0 aliphatic heterocycles. The molecule has 1 aromatic heterocycles. The van der Waals surface area contributed by atoms with Gasteiger partial charge in [0.25, 0.3) is 0 Å². The molecule has 0 saturated carbocycles. The van der Waals surface area contributed by atoms with Crippen molar-refractivity contribution in [3.8, 4) is 11.6 Å². The van der Waals surface area contributed by atoms with Crippen LogP contribution in [0.25, 0.3) is 0 Å². The van der Waals surface area contributed by atoms with E-state index >= 15 is 0 Å². The highest BCUT2D eigenvalue weighted by Crippen LogP contribution is 2.20. The molecular weight excluding hydrogens is 266 g/mol. The van der Waals surface area contributed by atoms with Gasteiger partial charge in [0.15, 0.2) is 0 Å². The van der Waals surface area contributed by atoms with Gasteiger partial charge in [0.05, 0.1) is 13.7 Å². The van der Waals surface area contributed by atoms with Crippen molar-refractivity contribution in [3.05, 3.63) is 53.2 Å². The fourth-order valence-electron chi connectivity index (χ4n) is 1.96. The number of aliphatic hydroxyl groups excluding tert-OH is 1. The van der Waals surface area contributed by atoms with Gasteiger partial charge in [-0.25, -0.2) is 4.98 Å². The second kappa shape index (κ2) is 7.09. The zero-order valence-electron chi connectivity index (χ0n) is 12.7. The number of nitrogens with zero attached hydrogens (tertiary/aromatic N) is 1. The van der Waals surface area contributed by atoms with Gasteiger partial charge in [-0.1, -0.05) is 26.0 Å². The van der Waals surface area contributed by atoms with Crippen LogP contribution in [0.15, 0.2) is 36.4 Å². The van der Waals surface area contributed by atoms with Crippen molar-refractivity contribution >= 4 is 0 Å². The van der Waals surface area contributed by atoms with E-state index in [4.69, 9.17) is 9.47 Å². The Morgan fingerprint density at radius 3 is 2.62 bits per heavy atom. The lowest BCUT2D eigenvalue weighted by molar-refractivity contribution is 0.273. The first kappa shape index (κ1) is 15.3. The predicted octanol–water partition coefficient (Wildman–Crippen LogP) is 3.28. The zero-order chi connectivity index (χ0) is 15.2. The number of benzene rings is 1. The highest BCUT2D eigenvalue weighted by molar-refractivity contribution is 5.29. The largest absolute Gasteiger partial charge is 0.497 e. The fourth-order valence-corrected chi connectivity index (χ4v) is 1.96. The average Bonchev–Trinajstić information content (AvgIpc) is 2.52. The third-order valence-corrected chi connectivity index (χ3v) is 3.18. The summed E-state index contributed by atoms with van der Waals surface area (Å²) >= 11 is 0. The van der Waals surface area contributed by atoms with Crippen molar-refractivity contribution in [3.63, 3.8) is 0 Å². The van der Waals surface area contributed by atoms with Crippen LogP contribution >= 0.6 is 0 Å². The Morgan fingerprint density at radius 2 is 1.95 bits per heavy atom. The Morgan fingerprint density at radius 1 is 1.14 bits per heavy atom. The third-order valence-electron chi connectivity index (χ3n) is 3.18. The van der Waals surface area contributed by atoms with Crippen LogP contribution in [0.1, 0.15) is 36.6 Å². The maximum absolute atomic E-state index is 9.32. The minimum absolute atomic E-state index is 0.0161. The molecule has 0 fully saturated rings. The molecule has 2 rings (SSSR count). The van der Waals surface area contributed by atoms with Crippen molar-refractivity contribution in [1.82, 2.24) is 4.98 Å². The van der Waals surface area contributed by atoms with Crippen LogP contribution in [0.5, 0.6) is 11.6 Å². The monoisotopic (exact) mass is 287 g/mol. The summed E-state index contributed by atoms with van der Waals surface area (Å²) < 4.78 is 10.9. The number of aromatic nitrogens is 1. The van der Waals surface area contributed by atoms with E-state index in [0.717, 1.165) is 22.6 Å². The van der Waals surface area contributed by atoms with Crippen LogP contribution in [0.3, 0.4) is 0 Å². The summed E-state index contributed by atoms with van der Waals surface area (Å²) in [4.78, 5) is 4.47. The minimum Gasteiger partial charge on any atom is -0.497 e. The van der Waals surface area contributed by atoms with Crippen LogP contribution in [0.4, 0.5) is 0 Å². The Balaban J connectivity index is 2.13. The Labute approximate surface area is 125 Å². The molecule has 1 aromatic carbocycles. The normalized spacial score (nSPS) is 10.7. The van der Waals surface area contributed by atoms with Gasteiger partial charge in [0.1, 0.15) is 12.4 Å². The van der Waals surface area contributed by atoms with Crippen LogP contribution in [-0.4, -0.2) is 17.2 Å². The molecule has 0 amide bonds. The van der Waals surface area contributed by atoms with Gasteiger partial charge in [0.2, 0.25) is 5.88 Å². The van der Waals surface area contributed by atoms with Gasteiger partial charge >= 0.3 is 0 Å². The van der Waals surface area contributed by atoms with Crippen LogP contribution in [-0.2, 0) is 13.2 Å². The van der Waals surface area contributed by atoms with Crippen molar-refractivity contribution in [2.75, 3.05) is 7.11 Å². The Hall–Kier alpha value is -2.07. The van der Waals surface area contributed by atoms with E-state index in [1.54, 1.807) is 13.2 Å². The number of methoxy groups -OCH3 is 1. The van der Waals surface area contributed by atoms with E-state index < -0.39 is 0 Å². The summed E-state index contributed by atoms with van der Waals surface area (Å²) in [6.07, 6.45) is 0. The molecule has 0 atom stereocenters. The first-order valence-corrected chi connectivity index (χ1v) is 7.00. The lowest BCUT2D eigenvalue weighted by atomic mass is 10.1. The number of pyridine rings is 1. The van der Waals surface area contributed by atoms with Gasteiger partial charge in [-0.15, -0.1) is 0 Å². The average molecular weight is 287 g/mol. The number of rotatable bonds is 6. The molecule has 0 radical (unpaired) electrons. The summed E-state index contributed by atoms with van der Waals surface area (Å²) in [7, 11) is 1.64. The summed E-state index contributed by atoms with van der Waals surface area (Å²) in [5.74, 6) is 1.62. The van der Waals surface area contributed by atoms with Gasteiger partial charge in [-0.05, 0) is 35.2 Å². The number of ether oxygens (including phenoxy) is 2. The standard InChI is InChI=1S/C17H21NO3/c1-12(2)16-8-14(10-19)9-17(18-16)21-11-13-5-4-6-15(7-13)20-3/h4-9,12,19H,10-11H2,1-3H3. The van der Waals surface area contributed by atoms with Gasteiger partial charge in [-0.3, -0.25) is 0 Å². The molecule has 0 unspecified atom stereocenters. The lowest BCUT2D eigenvalue weighted by Gasteiger charge is -2.11. The second-order valence-electron chi connectivity index (χ2n) is 5.19. The molecule has 4 nitrogen and oxygen atoms in total. The van der Waals surface area contributed by atoms with E-state index in [1.165, 1.54) is 0 Å². The summed E-state index contributed by atoms with van der Waals surface area (Å²) in [5.41, 5.74) is 2.74. The molecule has 0 bridgehead atoms. The molecular formula is C17H21NO3. The van der Waals surface area contributed by atoms with E-state index in [0.29, 0.717) is 12.5 Å². The van der Waals surface area contributed by atoms with Gasteiger partial charge < -0.3 is 14.6 Å². The van der Waals surface area contributed by atoms with Crippen molar-refractivity contribution in [2.45, 2.75) is 33.0 Å². The maximum atomic E-state index is 9.32. The van der Waals surface area contributed by atoms with E-state index in [9.17, 15) is 5.11 Å². The molecule has 1 N–H and O–H groups in total. The summed E-state index contributed by atoms with van der Waals surface area (Å²) in [5, 5.41) is 9.32. The van der Waals surface area contributed by atoms with Gasteiger partial charge in [0, 0.05) is 11.8 Å². The SMILES string of the molecule is COc1cccc(COc2cc(CO)cc(C(C)C)n2)c1. The topological polar surface area (TPSA) is 51.6 Å². The van der Waals surface area contributed by atoms with Crippen molar-refractivity contribution in [2.24, 2.45) is 0 Å². The maximum Gasteiger partial charge on any atom is 0.214 e. The second-order valence-corrected chi connectivity index (χ2v) is 5.19. The Kier molecular flexibility index (Phi) is 5.17.